The Bertz CT molecular complexity index is 638. The van der Waals surface area contributed by atoms with Gasteiger partial charge in [0.2, 0.25) is 5.91 Å². The molecule has 1 unspecified atom stereocenters. The molecule has 0 saturated carbocycles. The van der Waals surface area contributed by atoms with Gasteiger partial charge in [0, 0.05) is 26.1 Å². The van der Waals surface area contributed by atoms with Gasteiger partial charge in [0.15, 0.2) is 0 Å². The van der Waals surface area contributed by atoms with Crippen LogP contribution in [0.25, 0.3) is 0 Å². The van der Waals surface area contributed by atoms with E-state index >= 15 is 0 Å². The van der Waals surface area contributed by atoms with Crippen LogP contribution < -0.4 is 11.1 Å². The van der Waals surface area contributed by atoms with Crippen molar-refractivity contribution < 1.29 is 13.2 Å². The highest BCUT2D eigenvalue weighted by Crippen LogP contribution is 2.27. The van der Waals surface area contributed by atoms with E-state index < -0.39 is 10.0 Å². The monoisotopic (exact) mass is 333 g/mol. The molecule has 1 saturated heterocycles. The second-order valence-electron chi connectivity index (χ2n) is 4.53. The van der Waals surface area contributed by atoms with Crippen molar-refractivity contribution in [2.45, 2.75) is 23.6 Å². The van der Waals surface area contributed by atoms with E-state index in [1.165, 1.54) is 17.3 Å². The molecule has 0 spiro atoms. The summed E-state index contributed by atoms with van der Waals surface area (Å²) in [6.45, 7) is 2.11. The summed E-state index contributed by atoms with van der Waals surface area (Å²) in [5, 5.41) is 2.74. The van der Waals surface area contributed by atoms with Crippen LogP contribution in [-0.2, 0) is 14.8 Å². The maximum absolute atomic E-state index is 12.4. The number of carbonyl (C=O) groups excluding carboxylic acids is 1. The van der Waals surface area contributed by atoms with Crippen molar-refractivity contribution in [3.8, 4) is 0 Å². The van der Waals surface area contributed by atoms with Crippen molar-refractivity contribution in [3.05, 3.63) is 17.0 Å². The van der Waals surface area contributed by atoms with Crippen molar-refractivity contribution >= 4 is 44.5 Å². The number of rotatable bonds is 4. The third-order valence-electron chi connectivity index (χ3n) is 2.98. The highest BCUT2D eigenvalue weighted by Gasteiger charge is 2.33. The van der Waals surface area contributed by atoms with Gasteiger partial charge < -0.3 is 11.1 Å². The zero-order chi connectivity index (χ0) is 14.9. The van der Waals surface area contributed by atoms with Gasteiger partial charge in [-0.1, -0.05) is 12.2 Å². The summed E-state index contributed by atoms with van der Waals surface area (Å²) >= 11 is 5.90. The topological polar surface area (TPSA) is 92.5 Å². The minimum absolute atomic E-state index is 0.128. The third-order valence-corrected chi connectivity index (χ3v) is 6.78. The fourth-order valence-corrected chi connectivity index (χ4v) is 5.08. The Labute approximate surface area is 127 Å². The predicted molar refractivity (Wildman–Crippen MR) is 81.2 cm³/mol. The molecule has 1 atom stereocenters. The Balaban J connectivity index is 2.15. The Morgan fingerprint density at radius 2 is 2.25 bits per heavy atom. The van der Waals surface area contributed by atoms with Gasteiger partial charge in [0.25, 0.3) is 10.0 Å². The molecule has 1 fully saturated rings. The van der Waals surface area contributed by atoms with Crippen LogP contribution in [0.2, 0.25) is 0 Å². The van der Waals surface area contributed by atoms with Gasteiger partial charge in [-0.15, -0.1) is 11.3 Å². The molecule has 110 valence electrons. The molecule has 1 amide bonds. The molecule has 9 heteroatoms. The molecule has 1 aliphatic rings. The third kappa shape index (κ3) is 3.17. The van der Waals surface area contributed by atoms with Gasteiger partial charge in [-0.2, -0.15) is 4.31 Å². The zero-order valence-electron chi connectivity index (χ0n) is 10.8. The molecule has 3 N–H and O–H groups in total. The minimum Gasteiger partial charge on any atom is -0.389 e. The van der Waals surface area contributed by atoms with Gasteiger partial charge in [-0.3, -0.25) is 4.79 Å². The predicted octanol–water partition coefficient (Wildman–Crippen LogP) is 0.281. The van der Waals surface area contributed by atoms with E-state index in [1.54, 1.807) is 6.07 Å². The number of hydrogen-bond acceptors (Lipinski definition) is 5. The first-order valence-electron chi connectivity index (χ1n) is 5.97. The van der Waals surface area contributed by atoms with Crippen LogP contribution in [0.15, 0.2) is 16.3 Å². The lowest BCUT2D eigenvalue weighted by molar-refractivity contribution is -0.119. The highest BCUT2D eigenvalue weighted by atomic mass is 32.2. The van der Waals surface area contributed by atoms with E-state index in [-0.39, 0.29) is 21.1 Å². The van der Waals surface area contributed by atoms with Crippen molar-refractivity contribution in [2.24, 2.45) is 5.73 Å². The number of carbonyl (C=O) groups is 1. The van der Waals surface area contributed by atoms with Gasteiger partial charge in [0.05, 0.1) is 4.88 Å². The Kier molecular flexibility index (Phi) is 4.43. The average molecular weight is 333 g/mol. The molecule has 0 bridgehead atoms. The average Bonchev–Trinajstić information content (AvgIpc) is 2.95. The van der Waals surface area contributed by atoms with E-state index in [9.17, 15) is 13.2 Å². The first-order valence-corrected chi connectivity index (χ1v) is 8.64. The SMILES string of the molecule is CC(=O)NC1CCN(S(=O)(=O)c2ccc(C(N)=S)s2)C1. The van der Waals surface area contributed by atoms with Crippen molar-refractivity contribution in [3.63, 3.8) is 0 Å². The zero-order valence-corrected chi connectivity index (χ0v) is 13.3. The lowest BCUT2D eigenvalue weighted by atomic mass is 10.3. The summed E-state index contributed by atoms with van der Waals surface area (Å²) in [5.41, 5.74) is 5.49. The standard InChI is InChI=1S/C11H15N3O3S3/c1-7(15)13-8-4-5-14(6-8)20(16,17)10-3-2-9(19-10)11(12)18/h2-3,8H,4-6H2,1H3,(H2,12,18)(H,13,15). The van der Waals surface area contributed by atoms with Crippen molar-refractivity contribution in [1.82, 2.24) is 9.62 Å². The fraction of sp³-hybridized carbons (Fsp3) is 0.455. The number of thiophene rings is 1. The molecule has 2 heterocycles. The smallest absolute Gasteiger partial charge is 0.252 e. The second-order valence-corrected chi connectivity index (χ2v) is 8.22. The molecule has 2 rings (SSSR count). The van der Waals surface area contributed by atoms with Gasteiger partial charge in [-0.05, 0) is 18.6 Å². The number of nitrogens with two attached hydrogens (primary N) is 1. The fourth-order valence-electron chi connectivity index (χ4n) is 2.07. The number of thiocarbonyl (C=S) groups is 1. The van der Waals surface area contributed by atoms with Crippen LogP contribution in [-0.4, -0.2) is 42.8 Å². The molecular formula is C11H15N3O3S3. The number of amides is 1. The molecule has 1 aromatic heterocycles. The van der Waals surface area contributed by atoms with Crippen LogP contribution in [0, 0.1) is 0 Å². The Morgan fingerprint density at radius 1 is 1.55 bits per heavy atom. The molecular weight excluding hydrogens is 318 g/mol. The van der Waals surface area contributed by atoms with E-state index in [0.717, 1.165) is 11.3 Å². The molecule has 6 nitrogen and oxygen atoms in total. The molecule has 1 aromatic rings. The molecule has 0 aliphatic carbocycles. The minimum atomic E-state index is -3.53. The lowest BCUT2D eigenvalue weighted by Gasteiger charge is -2.15. The number of sulfonamides is 1. The number of hydrogen-bond donors (Lipinski definition) is 2. The van der Waals surface area contributed by atoms with Crippen LogP contribution in [0.1, 0.15) is 18.2 Å². The van der Waals surface area contributed by atoms with Crippen LogP contribution >= 0.6 is 23.6 Å². The Morgan fingerprint density at radius 3 is 2.80 bits per heavy atom. The Hall–Kier alpha value is -1.03. The first-order chi connectivity index (χ1) is 9.30. The van der Waals surface area contributed by atoms with Crippen molar-refractivity contribution in [2.75, 3.05) is 13.1 Å². The van der Waals surface area contributed by atoms with Gasteiger partial charge in [0.1, 0.15) is 9.20 Å². The van der Waals surface area contributed by atoms with E-state index in [0.29, 0.717) is 24.4 Å². The highest BCUT2D eigenvalue weighted by molar-refractivity contribution is 7.91. The van der Waals surface area contributed by atoms with E-state index in [2.05, 4.69) is 5.32 Å². The normalized spacial score (nSPS) is 19.9. The largest absolute Gasteiger partial charge is 0.389 e. The summed E-state index contributed by atoms with van der Waals surface area (Å²) in [4.78, 5) is 11.8. The first kappa shape index (κ1) is 15.4. The lowest BCUT2D eigenvalue weighted by Crippen LogP contribution is -2.37. The maximum atomic E-state index is 12.4. The molecule has 0 radical (unpaired) electrons. The number of nitrogens with zero attached hydrogens (tertiary/aromatic N) is 1. The number of nitrogens with one attached hydrogen (secondary N) is 1. The van der Waals surface area contributed by atoms with Crippen molar-refractivity contribution in [1.29, 1.82) is 0 Å². The summed E-state index contributed by atoms with van der Waals surface area (Å²) in [6.07, 6.45) is 0.617. The molecule has 0 aromatic carbocycles. The van der Waals surface area contributed by atoms with Crippen LogP contribution in [0.4, 0.5) is 0 Å². The van der Waals surface area contributed by atoms with Gasteiger partial charge in [-0.25, -0.2) is 8.42 Å². The molecule has 1 aliphatic heterocycles. The maximum Gasteiger partial charge on any atom is 0.252 e. The quantitative estimate of drug-likeness (QED) is 0.772. The summed E-state index contributed by atoms with van der Waals surface area (Å²) in [6, 6.07) is 3.00. The summed E-state index contributed by atoms with van der Waals surface area (Å²) < 4.78 is 26.5. The van der Waals surface area contributed by atoms with E-state index in [4.69, 9.17) is 18.0 Å². The van der Waals surface area contributed by atoms with Gasteiger partial charge >= 0.3 is 0 Å². The summed E-state index contributed by atoms with van der Waals surface area (Å²) in [5.74, 6) is -0.152. The molecule has 20 heavy (non-hydrogen) atoms. The summed E-state index contributed by atoms with van der Waals surface area (Å²) in [7, 11) is -3.53. The van der Waals surface area contributed by atoms with Crippen LogP contribution in [0.5, 0.6) is 0 Å². The van der Waals surface area contributed by atoms with Crippen LogP contribution in [0.3, 0.4) is 0 Å². The van der Waals surface area contributed by atoms with E-state index in [1.807, 2.05) is 0 Å². The second kappa shape index (κ2) is 5.76.